The summed E-state index contributed by atoms with van der Waals surface area (Å²) in [5, 5.41) is 17.8. The van der Waals surface area contributed by atoms with Crippen molar-refractivity contribution in [1.29, 1.82) is 5.26 Å². The minimum absolute atomic E-state index is 0.429. The molecule has 0 saturated carbocycles. The number of thioether (sulfide) groups is 1. The van der Waals surface area contributed by atoms with Crippen LogP contribution in [0.25, 0.3) is 27.8 Å². The average molecular weight is 569 g/mol. The Hall–Kier alpha value is -4.27. The molecule has 3 aliphatic rings. The lowest BCUT2D eigenvalue weighted by Gasteiger charge is -2.56. The molecule has 8 nitrogen and oxygen atoms in total. The van der Waals surface area contributed by atoms with E-state index in [1.54, 1.807) is 22.5 Å². The molecule has 7 heterocycles. The molecule has 0 N–H and O–H groups in total. The first kappa shape index (κ1) is 25.7. The molecule has 0 radical (unpaired) electrons. The fraction of sp³-hybridized carbons (Fsp3) is 0.267. The largest absolute Gasteiger partial charge is 0.353 e. The van der Waals surface area contributed by atoms with Gasteiger partial charge in [0.25, 0.3) is 0 Å². The van der Waals surface area contributed by atoms with Crippen molar-refractivity contribution in [1.82, 2.24) is 29.3 Å². The first-order valence-electron chi connectivity index (χ1n) is 13.3. The van der Waals surface area contributed by atoms with Crippen LogP contribution in [0.15, 0.2) is 78.3 Å². The third kappa shape index (κ3) is 4.63. The SMILES string of the molecule is CSc1cccc(CN2C3CC2CN(c2ccc(-c4cc(-c5cnn(C(F)F)c5)cn5ncc(C#N)c45)cn2)C3)c1. The van der Waals surface area contributed by atoms with Crippen LogP contribution < -0.4 is 4.90 Å². The highest BCUT2D eigenvalue weighted by Gasteiger charge is 2.44. The number of aromatic nitrogens is 5. The molecule has 2 bridgehead atoms. The van der Waals surface area contributed by atoms with Gasteiger partial charge in [0, 0.05) is 77.5 Å². The van der Waals surface area contributed by atoms with Gasteiger partial charge in [0.05, 0.1) is 23.5 Å². The maximum Gasteiger partial charge on any atom is 0.333 e. The molecule has 1 aromatic carbocycles. The Morgan fingerprint density at radius 1 is 1.00 bits per heavy atom. The van der Waals surface area contributed by atoms with Gasteiger partial charge >= 0.3 is 6.55 Å². The van der Waals surface area contributed by atoms with Crippen LogP contribution in [0.2, 0.25) is 0 Å². The number of piperazine rings is 1. The van der Waals surface area contributed by atoms with Crippen molar-refractivity contribution >= 4 is 23.1 Å². The minimum atomic E-state index is -2.72. The number of hydrogen-bond donors (Lipinski definition) is 0. The number of alkyl halides is 2. The summed E-state index contributed by atoms with van der Waals surface area (Å²) in [7, 11) is 0. The summed E-state index contributed by atoms with van der Waals surface area (Å²) in [6.45, 7) is 0.108. The van der Waals surface area contributed by atoms with Gasteiger partial charge in [0.15, 0.2) is 0 Å². The van der Waals surface area contributed by atoms with Gasteiger partial charge in [-0.05, 0) is 48.6 Å². The van der Waals surface area contributed by atoms with Gasteiger partial charge < -0.3 is 4.90 Å². The van der Waals surface area contributed by atoms with E-state index in [-0.39, 0.29) is 0 Å². The lowest BCUT2D eigenvalue weighted by molar-refractivity contribution is -0.00872. The summed E-state index contributed by atoms with van der Waals surface area (Å²) >= 11 is 1.77. The van der Waals surface area contributed by atoms with E-state index < -0.39 is 6.55 Å². The Bertz CT molecular complexity index is 1760. The number of halogens is 2. The summed E-state index contributed by atoms with van der Waals surface area (Å²) in [6.07, 6.45) is 11.1. The van der Waals surface area contributed by atoms with Crippen molar-refractivity contribution in [3.05, 3.63) is 84.6 Å². The summed E-state index contributed by atoms with van der Waals surface area (Å²) in [6, 6.07) is 17.9. The predicted octanol–water partition coefficient (Wildman–Crippen LogP) is 5.71. The number of fused-ring (bicyclic) bond motifs is 3. The average Bonchev–Trinajstić information content (AvgIpc) is 3.68. The number of rotatable bonds is 7. The number of nitrogens with zero attached hydrogens (tertiary/aromatic N) is 8. The second-order valence-electron chi connectivity index (χ2n) is 10.5. The van der Waals surface area contributed by atoms with Gasteiger partial charge in [0.1, 0.15) is 11.9 Å². The second kappa shape index (κ2) is 10.3. The number of hydrogen-bond acceptors (Lipinski definition) is 7. The summed E-state index contributed by atoms with van der Waals surface area (Å²) in [5.74, 6) is 0.923. The van der Waals surface area contributed by atoms with E-state index in [0.717, 1.165) is 36.6 Å². The Balaban J connectivity index is 1.13. The third-order valence-corrected chi connectivity index (χ3v) is 8.82. The fourth-order valence-corrected chi connectivity index (χ4v) is 6.51. The van der Waals surface area contributed by atoms with E-state index in [1.165, 1.54) is 35.5 Å². The molecule has 41 heavy (non-hydrogen) atoms. The van der Waals surface area contributed by atoms with Crippen molar-refractivity contribution in [3.63, 3.8) is 0 Å². The predicted molar refractivity (Wildman–Crippen MR) is 154 cm³/mol. The summed E-state index contributed by atoms with van der Waals surface area (Å²) < 4.78 is 28.5. The number of piperidine rings is 1. The van der Waals surface area contributed by atoms with Crippen LogP contribution in [0.1, 0.15) is 24.1 Å². The van der Waals surface area contributed by atoms with E-state index in [2.05, 4.69) is 56.6 Å². The van der Waals surface area contributed by atoms with E-state index in [9.17, 15) is 14.0 Å². The third-order valence-electron chi connectivity index (χ3n) is 8.09. The molecule has 3 saturated heterocycles. The molecule has 3 fully saturated rings. The van der Waals surface area contributed by atoms with E-state index >= 15 is 0 Å². The zero-order valence-corrected chi connectivity index (χ0v) is 23.0. The highest BCUT2D eigenvalue weighted by Crippen LogP contribution is 2.37. The Morgan fingerprint density at radius 3 is 2.56 bits per heavy atom. The summed E-state index contributed by atoms with van der Waals surface area (Å²) in [5.41, 5.74) is 5.19. The maximum absolute atomic E-state index is 13.1. The lowest BCUT2D eigenvalue weighted by atomic mass is 9.86. The zero-order chi connectivity index (χ0) is 28.1. The molecule has 0 spiro atoms. The molecule has 3 aliphatic heterocycles. The fourth-order valence-electron chi connectivity index (χ4n) is 6.02. The van der Waals surface area contributed by atoms with Gasteiger partial charge in [-0.15, -0.1) is 11.8 Å². The number of anilines is 1. The van der Waals surface area contributed by atoms with Crippen molar-refractivity contribution in [3.8, 4) is 28.3 Å². The smallest absolute Gasteiger partial charge is 0.333 e. The zero-order valence-electron chi connectivity index (χ0n) is 22.2. The molecule has 2 unspecified atom stereocenters. The molecule has 206 valence electrons. The standard InChI is InChI=1S/C30H26F2N8S/c1-41-26-4-2-3-19(7-26)14-38-24-9-25(38)18-37(17-24)28-6-5-20(11-34-28)27-8-21(23-13-36-40(16-23)30(31)32)15-39-29(27)22(10-33)12-35-39/h2-8,11-13,15-16,24-25,30H,9,14,17-18H2,1H3. The second-order valence-corrected chi connectivity index (χ2v) is 11.3. The Kier molecular flexibility index (Phi) is 6.44. The van der Waals surface area contributed by atoms with Gasteiger partial charge in [-0.2, -0.15) is 24.2 Å². The molecule has 0 aliphatic carbocycles. The molecular weight excluding hydrogens is 542 g/mol. The maximum atomic E-state index is 13.1. The monoisotopic (exact) mass is 568 g/mol. The van der Waals surface area contributed by atoms with Crippen LogP contribution in [-0.4, -0.2) is 60.7 Å². The molecule has 5 aromatic rings. The van der Waals surface area contributed by atoms with Crippen LogP contribution in [0, 0.1) is 11.3 Å². The quantitative estimate of drug-likeness (QED) is 0.233. The molecule has 4 aromatic heterocycles. The molecular formula is C30H26F2N8S. The van der Waals surface area contributed by atoms with Gasteiger partial charge in [-0.25, -0.2) is 14.2 Å². The van der Waals surface area contributed by atoms with E-state index in [1.807, 2.05) is 24.4 Å². The van der Waals surface area contributed by atoms with Crippen LogP contribution >= 0.6 is 11.8 Å². The highest BCUT2D eigenvalue weighted by atomic mass is 32.2. The first-order chi connectivity index (χ1) is 20.0. The van der Waals surface area contributed by atoms with Crippen molar-refractivity contribution in [2.45, 2.75) is 36.5 Å². The first-order valence-corrected chi connectivity index (χ1v) is 14.6. The van der Waals surface area contributed by atoms with Crippen LogP contribution in [0.3, 0.4) is 0 Å². The highest BCUT2D eigenvalue weighted by molar-refractivity contribution is 7.98. The van der Waals surface area contributed by atoms with Gasteiger partial charge in [-0.3, -0.25) is 4.90 Å². The van der Waals surface area contributed by atoms with Crippen molar-refractivity contribution < 1.29 is 8.78 Å². The van der Waals surface area contributed by atoms with E-state index in [4.69, 9.17) is 4.98 Å². The lowest BCUT2D eigenvalue weighted by Crippen LogP contribution is -2.68. The van der Waals surface area contributed by atoms with Gasteiger partial charge in [-0.1, -0.05) is 12.1 Å². The summed E-state index contributed by atoms with van der Waals surface area (Å²) in [4.78, 5) is 11.1. The Labute approximate surface area is 239 Å². The number of benzene rings is 1. The van der Waals surface area contributed by atoms with Crippen molar-refractivity contribution in [2.75, 3.05) is 24.2 Å². The molecule has 8 rings (SSSR count). The number of pyridine rings is 2. The van der Waals surface area contributed by atoms with Crippen LogP contribution in [0.5, 0.6) is 0 Å². The minimum Gasteiger partial charge on any atom is -0.353 e. The molecule has 2 atom stereocenters. The van der Waals surface area contributed by atoms with Crippen LogP contribution in [0.4, 0.5) is 14.6 Å². The topological polar surface area (TPSA) is 78.3 Å². The molecule has 11 heteroatoms. The van der Waals surface area contributed by atoms with E-state index in [0.29, 0.717) is 39.0 Å². The van der Waals surface area contributed by atoms with Crippen LogP contribution in [-0.2, 0) is 6.54 Å². The molecule has 0 amide bonds. The van der Waals surface area contributed by atoms with Crippen molar-refractivity contribution in [2.24, 2.45) is 0 Å². The normalized spacial score (nSPS) is 18.6. The Morgan fingerprint density at radius 2 is 1.85 bits per heavy atom. The van der Waals surface area contributed by atoms with Gasteiger partial charge in [0.2, 0.25) is 0 Å². The number of nitriles is 1.